The van der Waals surface area contributed by atoms with Crippen molar-refractivity contribution in [1.29, 1.82) is 0 Å². The highest BCUT2D eigenvalue weighted by atomic mass is 16.5. The van der Waals surface area contributed by atoms with E-state index in [1.54, 1.807) is 11.8 Å². The number of ether oxygens (including phenoxy) is 1. The van der Waals surface area contributed by atoms with Gasteiger partial charge in [-0.25, -0.2) is 0 Å². The maximum Gasteiger partial charge on any atom is 0.315 e. The highest BCUT2D eigenvalue weighted by Gasteiger charge is 2.32. The van der Waals surface area contributed by atoms with Gasteiger partial charge in [0.25, 0.3) is 0 Å². The van der Waals surface area contributed by atoms with E-state index in [4.69, 9.17) is 4.74 Å². The Morgan fingerprint density at radius 2 is 1.94 bits per heavy atom. The van der Waals surface area contributed by atoms with Gasteiger partial charge in [0.15, 0.2) is 0 Å². The average molecular weight is 254 g/mol. The molecule has 2 fully saturated rings. The number of likely N-dealkylation sites (tertiary alicyclic amines) is 2. The van der Waals surface area contributed by atoms with Crippen LogP contribution in [0.4, 0.5) is 0 Å². The Balaban J connectivity index is 1.77. The van der Waals surface area contributed by atoms with Gasteiger partial charge in [-0.15, -0.1) is 0 Å². The molecule has 0 bridgehead atoms. The molecule has 0 aromatic heterocycles. The molecule has 1 atom stereocenters. The van der Waals surface area contributed by atoms with E-state index in [9.17, 15) is 9.59 Å². The van der Waals surface area contributed by atoms with Crippen LogP contribution >= 0.6 is 0 Å². The number of nitrogens with zero attached hydrogens (tertiary/aromatic N) is 2. The lowest BCUT2D eigenvalue weighted by atomic mass is 10.2. The summed E-state index contributed by atoms with van der Waals surface area (Å²) < 4.78 is 4.80. The number of hydrogen-bond donors (Lipinski definition) is 0. The van der Waals surface area contributed by atoms with Gasteiger partial charge >= 0.3 is 5.97 Å². The van der Waals surface area contributed by atoms with Crippen LogP contribution in [0.2, 0.25) is 0 Å². The number of carbonyl (C=O) groups excluding carboxylic acids is 2. The molecule has 102 valence electrons. The summed E-state index contributed by atoms with van der Waals surface area (Å²) in [5.41, 5.74) is 0. The molecular formula is C13H22N2O3. The summed E-state index contributed by atoms with van der Waals surface area (Å²) >= 11 is 0. The van der Waals surface area contributed by atoms with E-state index in [0.29, 0.717) is 12.6 Å². The third kappa shape index (κ3) is 3.22. The maximum atomic E-state index is 11.9. The van der Waals surface area contributed by atoms with Gasteiger partial charge in [0.1, 0.15) is 6.42 Å². The molecule has 0 aromatic rings. The molecule has 18 heavy (non-hydrogen) atoms. The number of hydrogen-bond acceptors (Lipinski definition) is 4. The van der Waals surface area contributed by atoms with Crippen molar-refractivity contribution >= 4 is 11.9 Å². The van der Waals surface area contributed by atoms with Crippen molar-refractivity contribution < 1.29 is 14.3 Å². The minimum absolute atomic E-state index is 0.0878. The predicted molar refractivity (Wildman–Crippen MR) is 67.0 cm³/mol. The molecule has 0 spiro atoms. The molecule has 2 rings (SSSR count). The third-order valence-electron chi connectivity index (χ3n) is 3.77. The zero-order valence-corrected chi connectivity index (χ0v) is 11.1. The average Bonchev–Trinajstić information content (AvgIpc) is 3.00. The van der Waals surface area contributed by atoms with Crippen molar-refractivity contribution in [3.63, 3.8) is 0 Å². The first-order chi connectivity index (χ1) is 8.70. The van der Waals surface area contributed by atoms with Crippen molar-refractivity contribution in [3.8, 4) is 0 Å². The SMILES string of the molecule is CCOC(=O)CC(=O)N1CCC(N2CCCC2)C1. The number of amides is 1. The topological polar surface area (TPSA) is 49.9 Å². The Kier molecular flexibility index (Phi) is 4.58. The molecule has 2 aliphatic heterocycles. The van der Waals surface area contributed by atoms with Crippen LogP contribution in [0, 0.1) is 0 Å². The Morgan fingerprint density at radius 1 is 1.22 bits per heavy atom. The Morgan fingerprint density at radius 3 is 2.61 bits per heavy atom. The van der Waals surface area contributed by atoms with Gasteiger partial charge < -0.3 is 9.64 Å². The quantitative estimate of drug-likeness (QED) is 0.545. The summed E-state index contributed by atoms with van der Waals surface area (Å²) in [4.78, 5) is 27.4. The lowest BCUT2D eigenvalue weighted by Crippen LogP contribution is -2.37. The fourth-order valence-corrected chi connectivity index (χ4v) is 2.82. The summed E-state index contributed by atoms with van der Waals surface area (Å²) in [6.07, 6.45) is 3.47. The fourth-order valence-electron chi connectivity index (χ4n) is 2.82. The molecule has 5 nitrogen and oxygen atoms in total. The first-order valence-corrected chi connectivity index (χ1v) is 6.88. The van der Waals surface area contributed by atoms with Gasteiger partial charge in [0, 0.05) is 19.1 Å². The maximum absolute atomic E-state index is 11.9. The second-order valence-electron chi connectivity index (χ2n) is 5.01. The van der Waals surface area contributed by atoms with Crippen LogP contribution in [0.1, 0.15) is 32.6 Å². The smallest absolute Gasteiger partial charge is 0.315 e. The van der Waals surface area contributed by atoms with Crippen molar-refractivity contribution in [3.05, 3.63) is 0 Å². The zero-order valence-electron chi connectivity index (χ0n) is 11.1. The molecule has 0 aromatic carbocycles. The summed E-state index contributed by atoms with van der Waals surface area (Å²) in [6.45, 7) is 5.96. The predicted octanol–water partition coefficient (Wildman–Crippen LogP) is 0.636. The molecule has 1 unspecified atom stereocenters. The molecule has 2 saturated heterocycles. The van der Waals surface area contributed by atoms with E-state index in [-0.39, 0.29) is 12.3 Å². The second kappa shape index (κ2) is 6.18. The van der Waals surface area contributed by atoms with E-state index in [0.717, 1.165) is 32.6 Å². The monoisotopic (exact) mass is 254 g/mol. The fraction of sp³-hybridized carbons (Fsp3) is 0.846. The minimum Gasteiger partial charge on any atom is -0.466 e. The largest absolute Gasteiger partial charge is 0.466 e. The molecule has 0 N–H and O–H groups in total. The van der Waals surface area contributed by atoms with Crippen molar-refractivity contribution in [1.82, 2.24) is 9.80 Å². The molecule has 1 amide bonds. The standard InChI is InChI=1S/C13H22N2O3/c1-2-18-13(17)9-12(16)15-8-5-11(10-15)14-6-3-4-7-14/h11H,2-10H2,1H3. The number of esters is 1. The molecule has 2 aliphatic rings. The van der Waals surface area contributed by atoms with Crippen molar-refractivity contribution in [2.75, 3.05) is 32.8 Å². The molecule has 5 heteroatoms. The summed E-state index contributed by atoms with van der Waals surface area (Å²) in [7, 11) is 0. The van der Waals surface area contributed by atoms with Crippen LogP contribution in [0.25, 0.3) is 0 Å². The van der Waals surface area contributed by atoms with Gasteiger partial charge in [-0.3, -0.25) is 14.5 Å². The molecule has 0 saturated carbocycles. The third-order valence-corrected chi connectivity index (χ3v) is 3.77. The second-order valence-corrected chi connectivity index (χ2v) is 5.01. The molecule has 0 radical (unpaired) electrons. The lowest BCUT2D eigenvalue weighted by Gasteiger charge is -2.23. The first kappa shape index (κ1) is 13.3. The highest BCUT2D eigenvalue weighted by Crippen LogP contribution is 2.20. The van der Waals surface area contributed by atoms with Gasteiger partial charge in [-0.2, -0.15) is 0 Å². The normalized spacial score (nSPS) is 24.5. The van der Waals surface area contributed by atoms with Gasteiger partial charge in [-0.05, 0) is 39.3 Å². The molecule has 2 heterocycles. The highest BCUT2D eigenvalue weighted by molar-refractivity contribution is 5.94. The van der Waals surface area contributed by atoms with Gasteiger partial charge in [0.05, 0.1) is 6.61 Å². The number of carbonyl (C=O) groups is 2. The van der Waals surface area contributed by atoms with E-state index >= 15 is 0 Å². The van der Waals surface area contributed by atoms with E-state index in [2.05, 4.69) is 4.90 Å². The first-order valence-electron chi connectivity index (χ1n) is 6.88. The molecular weight excluding hydrogens is 232 g/mol. The lowest BCUT2D eigenvalue weighted by molar-refractivity contribution is -0.148. The summed E-state index contributed by atoms with van der Waals surface area (Å²) in [5.74, 6) is -0.498. The molecule has 0 aliphatic carbocycles. The van der Waals surface area contributed by atoms with Crippen molar-refractivity contribution in [2.24, 2.45) is 0 Å². The van der Waals surface area contributed by atoms with E-state index < -0.39 is 5.97 Å². The number of rotatable bonds is 4. The van der Waals surface area contributed by atoms with Crippen LogP contribution in [0.15, 0.2) is 0 Å². The Labute approximate surface area is 108 Å². The minimum atomic E-state index is -0.410. The van der Waals surface area contributed by atoms with Gasteiger partial charge in [0.2, 0.25) is 5.91 Å². The Bertz CT molecular complexity index is 313. The van der Waals surface area contributed by atoms with E-state index in [1.807, 2.05) is 0 Å². The van der Waals surface area contributed by atoms with Crippen LogP contribution in [0.5, 0.6) is 0 Å². The zero-order chi connectivity index (χ0) is 13.0. The van der Waals surface area contributed by atoms with Crippen LogP contribution in [-0.4, -0.2) is 60.5 Å². The summed E-state index contributed by atoms with van der Waals surface area (Å²) in [5, 5.41) is 0. The van der Waals surface area contributed by atoms with E-state index in [1.165, 1.54) is 12.8 Å². The van der Waals surface area contributed by atoms with Crippen LogP contribution < -0.4 is 0 Å². The van der Waals surface area contributed by atoms with Gasteiger partial charge in [-0.1, -0.05) is 0 Å². The van der Waals surface area contributed by atoms with Crippen LogP contribution in [-0.2, 0) is 14.3 Å². The van der Waals surface area contributed by atoms with Crippen molar-refractivity contribution in [2.45, 2.75) is 38.6 Å². The van der Waals surface area contributed by atoms with Crippen LogP contribution in [0.3, 0.4) is 0 Å². The summed E-state index contributed by atoms with van der Waals surface area (Å²) in [6, 6.07) is 0.499. The Hall–Kier alpha value is -1.10.